The number of alkyl halides is 1. The Morgan fingerprint density at radius 2 is 2.31 bits per heavy atom. The summed E-state index contributed by atoms with van der Waals surface area (Å²) < 4.78 is 2.20. The zero-order chi connectivity index (χ0) is 9.68. The average Bonchev–Trinajstić information content (AvgIpc) is 2.61. The number of rotatable bonds is 5. The van der Waals surface area contributed by atoms with E-state index in [0.29, 0.717) is 4.83 Å². The van der Waals surface area contributed by atoms with Crippen LogP contribution in [-0.2, 0) is 13.0 Å². The predicted octanol–water partition coefficient (Wildman–Crippen LogP) is 3.01. The molecular weight excluding hydrogens is 228 g/mol. The van der Waals surface area contributed by atoms with Gasteiger partial charge in [0.1, 0.15) is 5.82 Å². The zero-order valence-electron chi connectivity index (χ0n) is 8.33. The molecule has 0 fully saturated rings. The molecule has 1 rings (SSSR count). The molecule has 1 unspecified atom stereocenters. The molecular formula is C10H17BrN2. The smallest absolute Gasteiger partial charge is 0.108 e. The first-order valence-electron chi connectivity index (χ1n) is 4.92. The molecule has 0 amide bonds. The highest BCUT2D eigenvalue weighted by Crippen LogP contribution is 2.12. The van der Waals surface area contributed by atoms with Crippen LogP contribution in [0.15, 0.2) is 12.4 Å². The number of hydrogen-bond donors (Lipinski definition) is 0. The van der Waals surface area contributed by atoms with Crippen molar-refractivity contribution in [2.75, 3.05) is 0 Å². The second kappa shape index (κ2) is 5.43. The minimum atomic E-state index is 0.634. The van der Waals surface area contributed by atoms with Crippen LogP contribution in [0.3, 0.4) is 0 Å². The first-order valence-corrected chi connectivity index (χ1v) is 5.83. The SMILES string of the molecule is CCC(Br)CCc1nccn1CC. The van der Waals surface area contributed by atoms with E-state index in [1.165, 1.54) is 18.7 Å². The highest BCUT2D eigenvalue weighted by Gasteiger charge is 2.05. The zero-order valence-corrected chi connectivity index (χ0v) is 9.92. The summed E-state index contributed by atoms with van der Waals surface area (Å²) in [5.74, 6) is 1.21. The van der Waals surface area contributed by atoms with Crippen LogP contribution >= 0.6 is 15.9 Å². The summed E-state index contributed by atoms with van der Waals surface area (Å²) >= 11 is 3.63. The van der Waals surface area contributed by atoms with Crippen molar-refractivity contribution in [1.82, 2.24) is 9.55 Å². The average molecular weight is 245 g/mol. The summed E-state index contributed by atoms with van der Waals surface area (Å²) in [5.41, 5.74) is 0. The maximum absolute atomic E-state index is 4.34. The normalized spacial score (nSPS) is 13.2. The summed E-state index contributed by atoms with van der Waals surface area (Å²) in [6.45, 7) is 5.37. The van der Waals surface area contributed by atoms with Gasteiger partial charge in [0.2, 0.25) is 0 Å². The molecule has 13 heavy (non-hydrogen) atoms. The molecule has 1 aromatic heterocycles. The molecule has 1 aromatic rings. The minimum Gasteiger partial charge on any atom is -0.335 e. The number of imidazole rings is 1. The van der Waals surface area contributed by atoms with Gasteiger partial charge in [-0.2, -0.15) is 0 Å². The lowest BCUT2D eigenvalue weighted by atomic mass is 10.2. The molecule has 0 aliphatic carbocycles. The molecule has 0 aliphatic rings. The van der Waals surface area contributed by atoms with E-state index >= 15 is 0 Å². The topological polar surface area (TPSA) is 17.8 Å². The maximum Gasteiger partial charge on any atom is 0.108 e. The molecule has 1 heterocycles. The Kier molecular flexibility index (Phi) is 4.50. The van der Waals surface area contributed by atoms with Crippen molar-refractivity contribution in [2.45, 2.75) is 44.5 Å². The van der Waals surface area contributed by atoms with Gasteiger partial charge in [-0.3, -0.25) is 0 Å². The Balaban J connectivity index is 2.44. The fourth-order valence-electron chi connectivity index (χ4n) is 1.35. The van der Waals surface area contributed by atoms with E-state index in [2.05, 4.69) is 39.3 Å². The lowest BCUT2D eigenvalue weighted by Gasteiger charge is -2.07. The number of aryl methyl sites for hydroxylation is 2. The Morgan fingerprint density at radius 1 is 1.54 bits per heavy atom. The third-order valence-corrected chi connectivity index (χ3v) is 3.37. The third kappa shape index (κ3) is 3.14. The van der Waals surface area contributed by atoms with E-state index in [4.69, 9.17) is 0 Å². The predicted molar refractivity (Wildman–Crippen MR) is 59.2 cm³/mol. The number of nitrogens with zero attached hydrogens (tertiary/aromatic N) is 2. The Labute approximate surface area is 88.5 Å². The molecule has 0 radical (unpaired) electrons. The van der Waals surface area contributed by atoms with Crippen molar-refractivity contribution in [3.8, 4) is 0 Å². The summed E-state index contributed by atoms with van der Waals surface area (Å²) in [6.07, 6.45) is 7.36. The summed E-state index contributed by atoms with van der Waals surface area (Å²) in [7, 11) is 0. The molecule has 1 atom stereocenters. The van der Waals surface area contributed by atoms with Crippen molar-refractivity contribution >= 4 is 15.9 Å². The maximum atomic E-state index is 4.34. The largest absolute Gasteiger partial charge is 0.335 e. The fourth-order valence-corrected chi connectivity index (χ4v) is 1.57. The molecule has 74 valence electrons. The van der Waals surface area contributed by atoms with Crippen LogP contribution in [0.25, 0.3) is 0 Å². The van der Waals surface area contributed by atoms with Gasteiger partial charge in [0.15, 0.2) is 0 Å². The van der Waals surface area contributed by atoms with E-state index in [0.717, 1.165) is 13.0 Å². The monoisotopic (exact) mass is 244 g/mol. The van der Waals surface area contributed by atoms with Gasteiger partial charge in [0, 0.05) is 30.2 Å². The summed E-state index contributed by atoms with van der Waals surface area (Å²) in [6, 6.07) is 0. The van der Waals surface area contributed by atoms with Crippen molar-refractivity contribution in [3.63, 3.8) is 0 Å². The van der Waals surface area contributed by atoms with Gasteiger partial charge >= 0.3 is 0 Å². The Morgan fingerprint density at radius 3 is 2.92 bits per heavy atom. The van der Waals surface area contributed by atoms with Gasteiger partial charge in [-0.25, -0.2) is 4.98 Å². The Hall–Kier alpha value is -0.310. The van der Waals surface area contributed by atoms with Crippen molar-refractivity contribution in [1.29, 1.82) is 0 Å². The molecule has 0 bridgehead atoms. The lowest BCUT2D eigenvalue weighted by Crippen LogP contribution is -2.04. The number of aromatic nitrogens is 2. The first-order chi connectivity index (χ1) is 6.27. The Bertz CT molecular complexity index is 245. The minimum absolute atomic E-state index is 0.634. The molecule has 0 N–H and O–H groups in total. The first kappa shape index (κ1) is 10.8. The van der Waals surface area contributed by atoms with Gasteiger partial charge in [0.25, 0.3) is 0 Å². The third-order valence-electron chi connectivity index (χ3n) is 2.27. The van der Waals surface area contributed by atoms with Crippen LogP contribution in [-0.4, -0.2) is 14.4 Å². The lowest BCUT2D eigenvalue weighted by molar-refractivity contribution is 0.652. The van der Waals surface area contributed by atoms with Gasteiger partial charge in [-0.1, -0.05) is 22.9 Å². The van der Waals surface area contributed by atoms with Crippen molar-refractivity contribution in [2.24, 2.45) is 0 Å². The highest BCUT2D eigenvalue weighted by molar-refractivity contribution is 9.09. The standard InChI is InChI=1S/C10H17BrN2/c1-3-9(11)5-6-10-12-7-8-13(10)4-2/h7-9H,3-6H2,1-2H3. The fraction of sp³-hybridized carbons (Fsp3) is 0.700. The molecule has 0 saturated heterocycles. The second-order valence-corrected chi connectivity index (χ2v) is 4.47. The van der Waals surface area contributed by atoms with E-state index in [1.807, 2.05) is 12.4 Å². The molecule has 0 saturated carbocycles. The van der Waals surface area contributed by atoms with E-state index in [1.54, 1.807) is 0 Å². The van der Waals surface area contributed by atoms with Crippen LogP contribution in [0.5, 0.6) is 0 Å². The van der Waals surface area contributed by atoms with E-state index in [9.17, 15) is 0 Å². The van der Waals surface area contributed by atoms with Crippen LogP contribution in [0, 0.1) is 0 Å². The van der Waals surface area contributed by atoms with Crippen LogP contribution in [0.4, 0.5) is 0 Å². The summed E-state index contributed by atoms with van der Waals surface area (Å²) in [4.78, 5) is 4.97. The van der Waals surface area contributed by atoms with Gasteiger partial charge in [-0.05, 0) is 19.8 Å². The summed E-state index contributed by atoms with van der Waals surface area (Å²) in [5, 5.41) is 0. The van der Waals surface area contributed by atoms with Crippen LogP contribution in [0.2, 0.25) is 0 Å². The molecule has 3 heteroatoms. The van der Waals surface area contributed by atoms with Gasteiger partial charge in [-0.15, -0.1) is 0 Å². The second-order valence-electron chi connectivity index (χ2n) is 3.17. The van der Waals surface area contributed by atoms with Crippen molar-refractivity contribution in [3.05, 3.63) is 18.2 Å². The van der Waals surface area contributed by atoms with E-state index in [-0.39, 0.29) is 0 Å². The van der Waals surface area contributed by atoms with Gasteiger partial charge < -0.3 is 4.57 Å². The van der Waals surface area contributed by atoms with Crippen LogP contribution < -0.4 is 0 Å². The number of halogens is 1. The quantitative estimate of drug-likeness (QED) is 0.729. The van der Waals surface area contributed by atoms with Crippen LogP contribution in [0.1, 0.15) is 32.5 Å². The van der Waals surface area contributed by atoms with Crippen molar-refractivity contribution < 1.29 is 0 Å². The molecule has 0 aliphatic heterocycles. The van der Waals surface area contributed by atoms with E-state index < -0.39 is 0 Å². The molecule has 2 nitrogen and oxygen atoms in total. The highest BCUT2D eigenvalue weighted by atomic mass is 79.9. The molecule has 0 aromatic carbocycles. The molecule has 0 spiro atoms. The number of hydrogen-bond acceptors (Lipinski definition) is 1. The van der Waals surface area contributed by atoms with Gasteiger partial charge in [0.05, 0.1) is 0 Å².